The Morgan fingerprint density at radius 3 is 2.81 bits per heavy atom. The molecule has 2 aromatic rings. The summed E-state index contributed by atoms with van der Waals surface area (Å²) >= 11 is 0. The van der Waals surface area contributed by atoms with Gasteiger partial charge in [-0.15, -0.1) is 6.58 Å². The molecule has 1 heterocycles. The Labute approximate surface area is 152 Å². The Morgan fingerprint density at radius 1 is 1.31 bits per heavy atom. The van der Waals surface area contributed by atoms with Crippen LogP contribution in [-0.4, -0.2) is 31.1 Å². The molecule has 3 rings (SSSR count). The molecule has 1 unspecified atom stereocenters. The van der Waals surface area contributed by atoms with Crippen LogP contribution in [0, 0.1) is 0 Å². The number of hydrogen-bond acceptors (Lipinski definition) is 4. The van der Waals surface area contributed by atoms with Gasteiger partial charge >= 0.3 is 0 Å². The number of carbonyl (C=O) groups excluding carboxylic acids is 2. The highest BCUT2D eigenvalue weighted by molar-refractivity contribution is 6.01. The highest BCUT2D eigenvalue weighted by Gasteiger charge is 2.30. The minimum absolute atomic E-state index is 0.0978. The van der Waals surface area contributed by atoms with Gasteiger partial charge in [0.05, 0.1) is 5.69 Å². The van der Waals surface area contributed by atoms with Crippen LogP contribution in [0.3, 0.4) is 0 Å². The quantitative estimate of drug-likeness (QED) is 0.812. The van der Waals surface area contributed by atoms with E-state index in [2.05, 4.69) is 11.9 Å². The second-order valence-corrected chi connectivity index (χ2v) is 5.83. The van der Waals surface area contributed by atoms with Gasteiger partial charge in [0.1, 0.15) is 11.5 Å². The summed E-state index contributed by atoms with van der Waals surface area (Å²) in [7, 11) is 0. The molecular weight excluding hydrogens is 332 g/mol. The number of ether oxygens (including phenoxy) is 2. The Kier molecular flexibility index (Phi) is 5.22. The molecule has 1 aliphatic heterocycles. The standard InChI is InChI=1S/C20H20N2O4/c1-3-11-22-17-10-9-15(12-18(17)26-14(2)20(22)24)21-19(23)13-25-16-7-5-4-6-8-16/h3-10,12,14H,1,11,13H2,2H3,(H,21,23). The van der Waals surface area contributed by atoms with Crippen LogP contribution in [-0.2, 0) is 9.59 Å². The van der Waals surface area contributed by atoms with Gasteiger partial charge in [-0.3, -0.25) is 9.59 Å². The fraction of sp³-hybridized carbons (Fsp3) is 0.200. The van der Waals surface area contributed by atoms with Crippen molar-refractivity contribution < 1.29 is 19.1 Å². The first-order chi connectivity index (χ1) is 12.6. The van der Waals surface area contributed by atoms with Crippen molar-refractivity contribution in [2.75, 3.05) is 23.4 Å². The number of nitrogens with one attached hydrogen (secondary N) is 1. The third-order valence-electron chi connectivity index (χ3n) is 3.88. The summed E-state index contributed by atoms with van der Waals surface area (Å²) in [6, 6.07) is 14.3. The van der Waals surface area contributed by atoms with Gasteiger partial charge in [-0.2, -0.15) is 0 Å². The molecule has 2 amide bonds. The predicted molar refractivity (Wildman–Crippen MR) is 99.6 cm³/mol. The van der Waals surface area contributed by atoms with Crippen molar-refractivity contribution in [3.63, 3.8) is 0 Å². The molecule has 1 aliphatic rings. The molecule has 0 saturated carbocycles. The van der Waals surface area contributed by atoms with Crippen molar-refractivity contribution in [2.45, 2.75) is 13.0 Å². The van der Waals surface area contributed by atoms with E-state index in [4.69, 9.17) is 9.47 Å². The number of anilines is 2. The van der Waals surface area contributed by atoms with E-state index in [9.17, 15) is 9.59 Å². The molecule has 6 heteroatoms. The van der Waals surface area contributed by atoms with Crippen LogP contribution >= 0.6 is 0 Å². The third-order valence-corrected chi connectivity index (χ3v) is 3.88. The highest BCUT2D eigenvalue weighted by atomic mass is 16.5. The van der Waals surface area contributed by atoms with E-state index in [1.807, 2.05) is 18.2 Å². The predicted octanol–water partition coefficient (Wildman–Crippen LogP) is 3.00. The molecular formula is C20H20N2O4. The van der Waals surface area contributed by atoms with Gasteiger partial charge in [-0.1, -0.05) is 24.3 Å². The van der Waals surface area contributed by atoms with Crippen molar-refractivity contribution in [3.8, 4) is 11.5 Å². The van der Waals surface area contributed by atoms with Crippen LogP contribution < -0.4 is 19.7 Å². The zero-order valence-electron chi connectivity index (χ0n) is 14.5. The van der Waals surface area contributed by atoms with E-state index >= 15 is 0 Å². The lowest BCUT2D eigenvalue weighted by Crippen LogP contribution is -2.44. The summed E-state index contributed by atoms with van der Waals surface area (Å²) in [6.45, 7) is 5.68. The lowest BCUT2D eigenvalue weighted by molar-refractivity contribution is -0.125. The molecule has 0 bridgehead atoms. The van der Waals surface area contributed by atoms with Crippen LogP contribution in [0.2, 0.25) is 0 Å². The number of nitrogens with zero attached hydrogens (tertiary/aromatic N) is 1. The van der Waals surface area contributed by atoms with Crippen LogP contribution in [0.25, 0.3) is 0 Å². The summed E-state index contributed by atoms with van der Waals surface area (Å²) in [5.41, 5.74) is 1.23. The average molecular weight is 352 g/mol. The zero-order valence-corrected chi connectivity index (χ0v) is 14.5. The van der Waals surface area contributed by atoms with Crippen molar-refractivity contribution in [2.24, 2.45) is 0 Å². The van der Waals surface area contributed by atoms with Gasteiger partial charge in [-0.25, -0.2) is 0 Å². The molecule has 134 valence electrons. The van der Waals surface area contributed by atoms with Crippen LogP contribution in [0.4, 0.5) is 11.4 Å². The maximum absolute atomic E-state index is 12.2. The van der Waals surface area contributed by atoms with Crippen molar-refractivity contribution >= 4 is 23.2 Å². The fourth-order valence-corrected chi connectivity index (χ4v) is 2.67. The molecule has 26 heavy (non-hydrogen) atoms. The number of para-hydroxylation sites is 1. The molecule has 1 atom stereocenters. The first-order valence-electron chi connectivity index (χ1n) is 8.29. The Bertz CT molecular complexity index is 820. The lowest BCUT2D eigenvalue weighted by Gasteiger charge is -2.32. The second kappa shape index (κ2) is 7.74. The Balaban J connectivity index is 1.68. The van der Waals surface area contributed by atoms with Gasteiger partial charge in [0.25, 0.3) is 11.8 Å². The third kappa shape index (κ3) is 3.85. The van der Waals surface area contributed by atoms with Crippen LogP contribution in [0.1, 0.15) is 6.92 Å². The van der Waals surface area contributed by atoms with E-state index in [0.717, 1.165) is 0 Å². The van der Waals surface area contributed by atoms with Crippen molar-refractivity contribution in [1.29, 1.82) is 0 Å². The molecule has 0 fully saturated rings. The van der Waals surface area contributed by atoms with Crippen molar-refractivity contribution in [1.82, 2.24) is 0 Å². The number of amides is 2. The summed E-state index contributed by atoms with van der Waals surface area (Å²) in [4.78, 5) is 25.9. The molecule has 1 N–H and O–H groups in total. The normalized spacial score (nSPS) is 15.7. The van der Waals surface area contributed by atoms with Gasteiger partial charge in [0.15, 0.2) is 12.7 Å². The average Bonchev–Trinajstić information content (AvgIpc) is 2.64. The van der Waals surface area contributed by atoms with E-state index in [1.54, 1.807) is 48.2 Å². The maximum Gasteiger partial charge on any atom is 0.268 e. The molecule has 0 radical (unpaired) electrons. The number of benzene rings is 2. The molecule has 0 aliphatic carbocycles. The van der Waals surface area contributed by atoms with Crippen molar-refractivity contribution in [3.05, 3.63) is 61.2 Å². The maximum atomic E-state index is 12.2. The number of fused-ring (bicyclic) bond motifs is 1. The van der Waals surface area contributed by atoms with Gasteiger partial charge in [0.2, 0.25) is 0 Å². The minimum Gasteiger partial charge on any atom is -0.484 e. The summed E-state index contributed by atoms with van der Waals surface area (Å²) in [5.74, 6) is 0.770. The smallest absolute Gasteiger partial charge is 0.268 e. The molecule has 2 aromatic carbocycles. The van der Waals surface area contributed by atoms with Crippen LogP contribution in [0.15, 0.2) is 61.2 Å². The Morgan fingerprint density at radius 2 is 2.08 bits per heavy atom. The topological polar surface area (TPSA) is 67.9 Å². The summed E-state index contributed by atoms with van der Waals surface area (Å²) in [6.07, 6.45) is 1.07. The number of carbonyl (C=O) groups is 2. The number of hydrogen-bond donors (Lipinski definition) is 1. The Hall–Kier alpha value is -3.28. The molecule has 0 saturated heterocycles. The van der Waals surface area contributed by atoms with E-state index in [-0.39, 0.29) is 18.4 Å². The lowest BCUT2D eigenvalue weighted by atomic mass is 10.1. The van der Waals surface area contributed by atoms with E-state index in [1.165, 1.54) is 0 Å². The van der Waals surface area contributed by atoms with E-state index < -0.39 is 6.10 Å². The fourth-order valence-electron chi connectivity index (χ4n) is 2.67. The monoisotopic (exact) mass is 352 g/mol. The minimum atomic E-state index is -0.588. The van der Waals surface area contributed by atoms with Gasteiger partial charge in [0, 0.05) is 18.3 Å². The van der Waals surface area contributed by atoms with Gasteiger partial charge < -0.3 is 19.7 Å². The second-order valence-electron chi connectivity index (χ2n) is 5.83. The summed E-state index contributed by atoms with van der Waals surface area (Å²) in [5, 5.41) is 2.77. The molecule has 6 nitrogen and oxygen atoms in total. The summed E-state index contributed by atoms with van der Waals surface area (Å²) < 4.78 is 11.1. The number of rotatable bonds is 6. The largest absolute Gasteiger partial charge is 0.484 e. The first kappa shape index (κ1) is 17.5. The molecule has 0 spiro atoms. The SMILES string of the molecule is C=CCN1C(=O)C(C)Oc2cc(NC(=O)COc3ccccc3)ccc21. The zero-order chi connectivity index (χ0) is 18.5. The molecule has 0 aromatic heterocycles. The van der Waals surface area contributed by atoms with Gasteiger partial charge in [-0.05, 0) is 31.2 Å². The first-order valence-corrected chi connectivity index (χ1v) is 8.29. The van der Waals surface area contributed by atoms with Crippen LogP contribution in [0.5, 0.6) is 11.5 Å². The highest BCUT2D eigenvalue weighted by Crippen LogP contribution is 2.36. The van der Waals surface area contributed by atoms with E-state index in [0.29, 0.717) is 29.4 Å².